The second-order valence-corrected chi connectivity index (χ2v) is 12.5. The third kappa shape index (κ3) is 6.53. The number of hydrogen-bond acceptors (Lipinski definition) is 7. The molecule has 1 aliphatic rings. The molecule has 0 bridgehead atoms. The minimum absolute atomic E-state index is 0.0265. The predicted octanol–water partition coefficient (Wildman–Crippen LogP) is 5.94. The summed E-state index contributed by atoms with van der Waals surface area (Å²) in [5, 5.41) is 19.8. The van der Waals surface area contributed by atoms with Gasteiger partial charge in [-0.3, -0.25) is 13.9 Å². The molecule has 0 saturated heterocycles. The number of hydrogen-bond donors (Lipinski definition) is 2. The zero-order valence-electron chi connectivity index (χ0n) is 23.5. The highest BCUT2D eigenvalue weighted by Crippen LogP contribution is 2.43. The second-order valence-electron chi connectivity index (χ2n) is 10.5. The van der Waals surface area contributed by atoms with Crippen LogP contribution in [0.2, 0.25) is 0 Å². The lowest BCUT2D eigenvalue weighted by atomic mass is 9.69. The second kappa shape index (κ2) is 12.3. The molecule has 0 unspecified atom stereocenters. The summed E-state index contributed by atoms with van der Waals surface area (Å²) in [5.74, 6) is -6.21. The summed E-state index contributed by atoms with van der Waals surface area (Å²) in [6.07, 6.45) is -2.62. The SMILES string of the molecule is CN(c1ccc([C@H]2CCC[C@@H](C(=O)Nc3ccc(C(F)(F)F)cc3F)[C@@H]2C(=O)O)cc1)S(=O)(=O)c1cccc(-c2nnco2)c1. The van der Waals surface area contributed by atoms with E-state index in [-0.39, 0.29) is 29.0 Å². The molecular formula is C30H26F4N4O6S. The number of rotatable bonds is 8. The third-order valence-electron chi connectivity index (χ3n) is 7.86. The largest absolute Gasteiger partial charge is 0.481 e. The predicted molar refractivity (Wildman–Crippen MR) is 153 cm³/mol. The molecule has 1 fully saturated rings. The minimum atomic E-state index is -4.77. The molecule has 2 N–H and O–H groups in total. The van der Waals surface area contributed by atoms with Crippen molar-refractivity contribution in [3.05, 3.63) is 90.1 Å². The van der Waals surface area contributed by atoms with Gasteiger partial charge in [0.25, 0.3) is 10.0 Å². The Bertz CT molecular complexity index is 1810. The Balaban J connectivity index is 1.34. The standard InChI is InChI=1S/C30H26F4N4O6S/c1-38(45(42,43)21-5-2-4-18(14-21)28-37-35-16-44-28)20-11-8-17(9-12-20)22-6-3-7-23(26(22)29(40)41)27(39)36-25-13-10-19(15-24(25)31)30(32,33)34/h2,4-5,8-16,22-23,26H,3,6-7H2,1H3,(H,36,39)(H,40,41)/t22-,23-,26-/m1/s1. The molecular weight excluding hydrogens is 620 g/mol. The van der Waals surface area contributed by atoms with Crippen molar-refractivity contribution in [1.82, 2.24) is 10.2 Å². The van der Waals surface area contributed by atoms with Gasteiger partial charge in [0.15, 0.2) is 0 Å². The highest BCUT2D eigenvalue weighted by atomic mass is 32.2. The van der Waals surface area contributed by atoms with E-state index >= 15 is 0 Å². The van der Waals surface area contributed by atoms with Crippen molar-refractivity contribution in [1.29, 1.82) is 0 Å². The third-order valence-corrected chi connectivity index (χ3v) is 9.64. The number of halogens is 4. The summed E-state index contributed by atoms with van der Waals surface area (Å²) >= 11 is 0. The fourth-order valence-electron chi connectivity index (χ4n) is 5.54. The molecule has 0 radical (unpaired) electrons. The minimum Gasteiger partial charge on any atom is -0.481 e. The van der Waals surface area contributed by atoms with Gasteiger partial charge in [-0.25, -0.2) is 12.8 Å². The number of amides is 1. The first-order valence-corrected chi connectivity index (χ1v) is 15.1. The van der Waals surface area contributed by atoms with Crippen LogP contribution in [0.1, 0.15) is 36.3 Å². The first-order chi connectivity index (χ1) is 21.3. The molecule has 1 aromatic heterocycles. The van der Waals surface area contributed by atoms with E-state index in [1.807, 2.05) is 0 Å². The van der Waals surface area contributed by atoms with Crippen LogP contribution in [0.15, 0.2) is 82.4 Å². The van der Waals surface area contributed by atoms with Crippen molar-refractivity contribution in [2.24, 2.45) is 11.8 Å². The summed E-state index contributed by atoms with van der Waals surface area (Å²) in [5.41, 5.74) is -0.465. The summed E-state index contributed by atoms with van der Waals surface area (Å²) in [6, 6.07) is 13.9. The summed E-state index contributed by atoms with van der Waals surface area (Å²) in [6.45, 7) is 0. The molecule has 45 heavy (non-hydrogen) atoms. The molecule has 10 nitrogen and oxygen atoms in total. The topological polar surface area (TPSA) is 143 Å². The number of carboxylic acids is 1. The molecule has 0 aliphatic heterocycles. The first kappa shape index (κ1) is 31.6. The number of carbonyl (C=O) groups is 2. The molecule has 15 heteroatoms. The van der Waals surface area contributed by atoms with Gasteiger partial charge in [0.05, 0.1) is 33.7 Å². The molecule has 1 saturated carbocycles. The van der Waals surface area contributed by atoms with Gasteiger partial charge in [0.2, 0.25) is 18.2 Å². The van der Waals surface area contributed by atoms with Crippen LogP contribution < -0.4 is 9.62 Å². The van der Waals surface area contributed by atoms with Gasteiger partial charge in [-0.2, -0.15) is 13.2 Å². The molecule has 4 aromatic rings. The van der Waals surface area contributed by atoms with Crippen LogP contribution in [0, 0.1) is 17.7 Å². The van der Waals surface area contributed by atoms with E-state index in [2.05, 4.69) is 15.5 Å². The molecule has 5 rings (SSSR count). The molecule has 236 valence electrons. The van der Waals surface area contributed by atoms with E-state index in [4.69, 9.17) is 4.42 Å². The van der Waals surface area contributed by atoms with Crippen LogP contribution in [0.4, 0.5) is 28.9 Å². The van der Waals surface area contributed by atoms with Crippen molar-refractivity contribution in [3.63, 3.8) is 0 Å². The van der Waals surface area contributed by atoms with Crippen LogP contribution in [0.3, 0.4) is 0 Å². The van der Waals surface area contributed by atoms with E-state index < -0.39 is 62.9 Å². The Morgan fingerprint density at radius 1 is 1.04 bits per heavy atom. The van der Waals surface area contributed by atoms with Crippen LogP contribution in [0.25, 0.3) is 11.5 Å². The van der Waals surface area contributed by atoms with E-state index in [9.17, 15) is 40.7 Å². The highest BCUT2D eigenvalue weighted by molar-refractivity contribution is 7.92. The number of nitrogens with zero attached hydrogens (tertiary/aromatic N) is 3. The van der Waals surface area contributed by atoms with Crippen LogP contribution in [-0.4, -0.2) is 42.6 Å². The maximum absolute atomic E-state index is 14.4. The number of alkyl halides is 3. The van der Waals surface area contributed by atoms with Gasteiger partial charge in [-0.1, -0.05) is 24.6 Å². The lowest BCUT2D eigenvalue weighted by Crippen LogP contribution is -2.40. The van der Waals surface area contributed by atoms with Crippen LogP contribution >= 0.6 is 0 Å². The number of carboxylic acid groups (broad SMARTS) is 1. The zero-order chi connectivity index (χ0) is 32.5. The summed E-state index contributed by atoms with van der Waals surface area (Å²) < 4.78 is 86.1. The maximum atomic E-state index is 14.4. The number of carbonyl (C=O) groups excluding carboxylic acids is 1. The Morgan fingerprint density at radius 2 is 1.78 bits per heavy atom. The van der Waals surface area contributed by atoms with Gasteiger partial charge in [-0.15, -0.1) is 10.2 Å². The van der Waals surface area contributed by atoms with E-state index in [1.54, 1.807) is 18.2 Å². The smallest absolute Gasteiger partial charge is 0.416 e. The highest BCUT2D eigenvalue weighted by Gasteiger charge is 2.43. The van der Waals surface area contributed by atoms with E-state index in [0.717, 1.165) is 16.8 Å². The zero-order valence-corrected chi connectivity index (χ0v) is 24.3. The number of nitrogens with one attached hydrogen (secondary N) is 1. The number of anilines is 2. The molecule has 3 atom stereocenters. The molecule has 1 heterocycles. The van der Waals surface area contributed by atoms with Crippen molar-refractivity contribution < 1.29 is 45.1 Å². The van der Waals surface area contributed by atoms with Crippen LogP contribution in [0.5, 0.6) is 0 Å². The fraction of sp³-hybridized carbons (Fsp3) is 0.267. The lowest BCUT2D eigenvalue weighted by Gasteiger charge is -2.35. The Hall–Kier alpha value is -4.79. The quantitative estimate of drug-likeness (QED) is 0.224. The molecule has 1 amide bonds. The van der Waals surface area contributed by atoms with Gasteiger partial charge in [-0.05, 0) is 72.9 Å². The number of benzene rings is 3. The average molecular weight is 647 g/mol. The van der Waals surface area contributed by atoms with E-state index in [1.165, 1.54) is 37.4 Å². The van der Waals surface area contributed by atoms with Gasteiger partial charge < -0.3 is 14.8 Å². The number of aromatic nitrogens is 2. The Labute approximate surface area is 254 Å². The van der Waals surface area contributed by atoms with Crippen molar-refractivity contribution >= 4 is 33.3 Å². The average Bonchev–Trinajstić information content (AvgIpc) is 3.56. The number of sulfonamides is 1. The van der Waals surface area contributed by atoms with Crippen molar-refractivity contribution in [2.75, 3.05) is 16.7 Å². The fourth-order valence-corrected chi connectivity index (χ4v) is 6.79. The van der Waals surface area contributed by atoms with Gasteiger partial charge in [0, 0.05) is 12.6 Å². The Kier molecular flexibility index (Phi) is 8.65. The first-order valence-electron chi connectivity index (χ1n) is 13.6. The molecule has 1 aliphatic carbocycles. The van der Waals surface area contributed by atoms with Crippen molar-refractivity contribution in [2.45, 2.75) is 36.3 Å². The molecule has 3 aromatic carbocycles. The maximum Gasteiger partial charge on any atom is 0.416 e. The van der Waals surface area contributed by atoms with Gasteiger partial charge >= 0.3 is 12.1 Å². The van der Waals surface area contributed by atoms with Crippen molar-refractivity contribution in [3.8, 4) is 11.5 Å². The lowest BCUT2D eigenvalue weighted by molar-refractivity contribution is -0.148. The summed E-state index contributed by atoms with van der Waals surface area (Å²) in [7, 11) is -2.66. The van der Waals surface area contributed by atoms with E-state index in [0.29, 0.717) is 30.0 Å². The summed E-state index contributed by atoms with van der Waals surface area (Å²) in [4.78, 5) is 25.5. The normalized spacial score (nSPS) is 18.7. The molecule has 0 spiro atoms. The monoisotopic (exact) mass is 646 g/mol. The van der Waals surface area contributed by atoms with Gasteiger partial charge in [0.1, 0.15) is 5.82 Å². The Morgan fingerprint density at radius 3 is 2.40 bits per heavy atom. The number of aliphatic carboxylic acids is 1. The van der Waals surface area contributed by atoms with Crippen LogP contribution in [-0.2, 0) is 25.8 Å².